The molecule has 1 unspecified atom stereocenters. The van der Waals surface area contributed by atoms with Crippen molar-refractivity contribution in [1.29, 1.82) is 0 Å². The standard InChI is InChI=1S/C10H12Cl2O/c1-7(6-13-2)8-3-9(11)5-10(12)4-8/h3-5,7H,6H2,1-2H3. The minimum Gasteiger partial charge on any atom is -0.384 e. The molecule has 1 nitrogen and oxygen atoms in total. The molecule has 0 spiro atoms. The van der Waals surface area contributed by atoms with Gasteiger partial charge in [0.25, 0.3) is 0 Å². The number of ether oxygens (including phenoxy) is 1. The van der Waals surface area contributed by atoms with Crippen LogP contribution in [-0.2, 0) is 4.74 Å². The first-order valence-corrected chi connectivity index (χ1v) is 4.84. The van der Waals surface area contributed by atoms with Gasteiger partial charge in [-0.3, -0.25) is 0 Å². The predicted molar refractivity (Wildman–Crippen MR) is 56.8 cm³/mol. The lowest BCUT2D eigenvalue weighted by atomic mass is 10.0. The van der Waals surface area contributed by atoms with Gasteiger partial charge in [-0.2, -0.15) is 0 Å². The van der Waals surface area contributed by atoms with Crippen LogP contribution in [0.15, 0.2) is 18.2 Å². The molecular formula is C10H12Cl2O. The molecule has 0 N–H and O–H groups in total. The molecule has 1 rings (SSSR count). The predicted octanol–water partition coefficient (Wildman–Crippen LogP) is 3.74. The highest BCUT2D eigenvalue weighted by Crippen LogP contribution is 2.24. The van der Waals surface area contributed by atoms with Crippen molar-refractivity contribution < 1.29 is 4.74 Å². The second kappa shape index (κ2) is 4.85. The van der Waals surface area contributed by atoms with Crippen LogP contribution in [0.3, 0.4) is 0 Å². The fourth-order valence-electron chi connectivity index (χ4n) is 1.21. The van der Waals surface area contributed by atoms with E-state index in [1.807, 2.05) is 12.1 Å². The Morgan fingerprint density at radius 2 is 1.77 bits per heavy atom. The van der Waals surface area contributed by atoms with Gasteiger partial charge in [-0.15, -0.1) is 0 Å². The van der Waals surface area contributed by atoms with Crippen LogP contribution in [0.25, 0.3) is 0 Å². The zero-order valence-electron chi connectivity index (χ0n) is 7.68. The molecule has 1 aromatic rings. The first kappa shape index (κ1) is 10.8. The molecule has 0 aliphatic heterocycles. The van der Waals surface area contributed by atoms with Crippen molar-refractivity contribution in [3.8, 4) is 0 Å². The van der Waals surface area contributed by atoms with Gasteiger partial charge in [0.1, 0.15) is 0 Å². The van der Waals surface area contributed by atoms with Crippen molar-refractivity contribution in [2.75, 3.05) is 13.7 Å². The van der Waals surface area contributed by atoms with E-state index in [1.165, 1.54) is 0 Å². The van der Waals surface area contributed by atoms with E-state index in [0.29, 0.717) is 22.6 Å². The Labute approximate surface area is 88.6 Å². The Balaban J connectivity index is 2.87. The maximum absolute atomic E-state index is 5.87. The van der Waals surface area contributed by atoms with Gasteiger partial charge < -0.3 is 4.74 Å². The Kier molecular flexibility index (Phi) is 4.04. The maximum Gasteiger partial charge on any atom is 0.0528 e. The summed E-state index contributed by atoms with van der Waals surface area (Å²) in [6.45, 7) is 2.75. The minimum absolute atomic E-state index is 0.321. The van der Waals surface area contributed by atoms with E-state index in [9.17, 15) is 0 Å². The van der Waals surface area contributed by atoms with E-state index in [2.05, 4.69) is 6.92 Å². The van der Waals surface area contributed by atoms with Crippen LogP contribution in [0.2, 0.25) is 10.0 Å². The number of benzene rings is 1. The average molecular weight is 219 g/mol. The molecule has 0 saturated heterocycles. The zero-order valence-corrected chi connectivity index (χ0v) is 9.19. The van der Waals surface area contributed by atoms with Crippen LogP contribution in [-0.4, -0.2) is 13.7 Å². The molecule has 0 bridgehead atoms. The van der Waals surface area contributed by atoms with Crippen molar-refractivity contribution in [2.45, 2.75) is 12.8 Å². The van der Waals surface area contributed by atoms with Crippen LogP contribution in [0, 0.1) is 0 Å². The second-order valence-corrected chi connectivity index (χ2v) is 3.93. The zero-order chi connectivity index (χ0) is 9.84. The molecule has 0 aliphatic rings. The summed E-state index contributed by atoms with van der Waals surface area (Å²) in [5.41, 5.74) is 1.11. The van der Waals surface area contributed by atoms with Gasteiger partial charge in [-0.25, -0.2) is 0 Å². The molecule has 0 fully saturated rings. The largest absolute Gasteiger partial charge is 0.384 e. The third-order valence-corrected chi connectivity index (χ3v) is 2.31. The topological polar surface area (TPSA) is 9.23 Å². The van der Waals surface area contributed by atoms with Gasteiger partial charge in [-0.1, -0.05) is 30.1 Å². The number of halogens is 2. The fourth-order valence-corrected chi connectivity index (χ4v) is 1.75. The average Bonchev–Trinajstić information content (AvgIpc) is 2.03. The van der Waals surface area contributed by atoms with E-state index in [-0.39, 0.29) is 0 Å². The highest BCUT2D eigenvalue weighted by atomic mass is 35.5. The molecule has 72 valence electrons. The highest BCUT2D eigenvalue weighted by Gasteiger charge is 2.06. The van der Waals surface area contributed by atoms with Crippen molar-refractivity contribution in [2.24, 2.45) is 0 Å². The van der Waals surface area contributed by atoms with Crippen molar-refractivity contribution >= 4 is 23.2 Å². The molecule has 0 aliphatic carbocycles. The third kappa shape index (κ3) is 3.18. The summed E-state index contributed by atoms with van der Waals surface area (Å²) in [5.74, 6) is 0.321. The number of methoxy groups -OCH3 is 1. The summed E-state index contributed by atoms with van der Waals surface area (Å²) >= 11 is 11.7. The molecular weight excluding hydrogens is 207 g/mol. The van der Waals surface area contributed by atoms with Crippen LogP contribution < -0.4 is 0 Å². The van der Waals surface area contributed by atoms with E-state index in [4.69, 9.17) is 27.9 Å². The summed E-state index contributed by atoms with van der Waals surface area (Å²) in [4.78, 5) is 0. The Bertz CT molecular complexity index is 266. The molecule has 1 atom stereocenters. The van der Waals surface area contributed by atoms with Crippen LogP contribution >= 0.6 is 23.2 Å². The number of hydrogen-bond donors (Lipinski definition) is 0. The normalized spacial score (nSPS) is 12.9. The smallest absolute Gasteiger partial charge is 0.0528 e. The lowest BCUT2D eigenvalue weighted by Gasteiger charge is -2.11. The Morgan fingerprint density at radius 3 is 2.23 bits per heavy atom. The Morgan fingerprint density at radius 1 is 1.23 bits per heavy atom. The maximum atomic E-state index is 5.87. The lowest BCUT2D eigenvalue weighted by molar-refractivity contribution is 0.184. The summed E-state index contributed by atoms with van der Waals surface area (Å²) < 4.78 is 5.05. The minimum atomic E-state index is 0.321. The van der Waals surface area contributed by atoms with Crippen LogP contribution in [0.1, 0.15) is 18.4 Å². The van der Waals surface area contributed by atoms with Gasteiger partial charge in [-0.05, 0) is 23.8 Å². The molecule has 0 saturated carbocycles. The van der Waals surface area contributed by atoms with Crippen LogP contribution in [0.4, 0.5) is 0 Å². The van der Waals surface area contributed by atoms with E-state index >= 15 is 0 Å². The van der Waals surface area contributed by atoms with Gasteiger partial charge in [0.2, 0.25) is 0 Å². The summed E-state index contributed by atoms with van der Waals surface area (Å²) in [5, 5.41) is 1.34. The fraction of sp³-hybridized carbons (Fsp3) is 0.400. The monoisotopic (exact) mass is 218 g/mol. The van der Waals surface area contributed by atoms with Gasteiger partial charge in [0.05, 0.1) is 6.61 Å². The molecule has 3 heteroatoms. The van der Waals surface area contributed by atoms with E-state index < -0.39 is 0 Å². The van der Waals surface area contributed by atoms with Gasteiger partial charge >= 0.3 is 0 Å². The molecule has 0 radical (unpaired) electrons. The summed E-state index contributed by atoms with van der Waals surface area (Å²) in [6.07, 6.45) is 0. The molecule has 0 aromatic heterocycles. The first-order chi connectivity index (χ1) is 6.13. The number of rotatable bonds is 3. The van der Waals surface area contributed by atoms with Gasteiger partial charge in [0.15, 0.2) is 0 Å². The quantitative estimate of drug-likeness (QED) is 0.752. The summed E-state index contributed by atoms with van der Waals surface area (Å²) in [6, 6.07) is 5.56. The van der Waals surface area contributed by atoms with Crippen molar-refractivity contribution in [1.82, 2.24) is 0 Å². The Hall–Kier alpha value is -0.240. The molecule has 1 aromatic carbocycles. The van der Waals surface area contributed by atoms with Crippen molar-refractivity contribution in [3.05, 3.63) is 33.8 Å². The SMILES string of the molecule is COCC(C)c1cc(Cl)cc(Cl)c1. The highest BCUT2D eigenvalue weighted by molar-refractivity contribution is 6.34. The van der Waals surface area contributed by atoms with E-state index in [0.717, 1.165) is 5.56 Å². The van der Waals surface area contributed by atoms with E-state index in [1.54, 1.807) is 13.2 Å². The van der Waals surface area contributed by atoms with Crippen LogP contribution in [0.5, 0.6) is 0 Å². The van der Waals surface area contributed by atoms with Crippen molar-refractivity contribution in [3.63, 3.8) is 0 Å². The third-order valence-electron chi connectivity index (χ3n) is 1.87. The molecule has 0 heterocycles. The lowest BCUT2D eigenvalue weighted by Crippen LogP contribution is -2.01. The molecule has 0 amide bonds. The number of hydrogen-bond acceptors (Lipinski definition) is 1. The van der Waals surface area contributed by atoms with Gasteiger partial charge in [0, 0.05) is 23.1 Å². The first-order valence-electron chi connectivity index (χ1n) is 4.08. The summed E-state index contributed by atoms with van der Waals surface area (Å²) in [7, 11) is 1.68. The second-order valence-electron chi connectivity index (χ2n) is 3.06. The molecule has 13 heavy (non-hydrogen) atoms.